The molecule has 0 bridgehead atoms. The predicted octanol–water partition coefficient (Wildman–Crippen LogP) is 3.83. The molecule has 0 unspecified atom stereocenters. The van der Waals surface area contributed by atoms with Gasteiger partial charge in [-0.25, -0.2) is 9.59 Å². The third kappa shape index (κ3) is 5.10. The lowest BCUT2D eigenvalue weighted by Gasteiger charge is -2.07. The van der Waals surface area contributed by atoms with Crippen molar-refractivity contribution < 1.29 is 30.0 Å². The van der Waals surface area contributed by atoms with Crippen molar-refractivity contribution in [3.63, 3.8) is 0 Å². The molecule has 0 saturated heterocycles. The standard InChI is InChI=1S/C16H9Cl2N5O6/c17-8-1-6(15(26)27)3-10(13(8)24)20-22-12(5-19)23-21-11-4-7(16(28)29)2-9(18)14(11)25/h1-4,20,24-25H,(H,26,27)(H,28,29)/b22-12+,23-21+. The van der Waals surface area contributed by atoms with E-state index in [2.05, 4.69) is 20.8 Å². The zero-order chi connectivity index (χ0) is 21.7. The number of hydrogen-bond acceptors (Lipinski definition) is 8. The van der Waals surface area contributed by atoms with E-state index < -0.39 is 29.3 Å². The molecule has 0 aliphatic carbocycles. The van der Waals surface area contributed by atoms with Crippen LogP contribution in [0.2, 0.25) is 10.0 Å². The highest BCUT2D eigenvalue weighted by molar-refractivity contribution is 6.33. The van der Waals surface area contributed by atoms with E-state index in [0.29, 0.717) is 0 Å². The molecule has 0 spiro atoms. The zero-order valence-electron chi connectivity index (χ0n) is 14.0. The summed E-state index contributed by atoms with van der Waals surface area (Å²) in [6.45, 7) is 0. The predicted molar refractivity (Wildman–Crippen MR) is 101 cm³/mol. The Morgan fingerprint density at radius 2 is 1.52 bits per heavy atom. The normalized spacial score (nSPS) is 11.3. The molecule has 2 rings (SSSR count). The number of carbonyl (C=O) groups is 2. The number of nitrogens with one attached hydrogen (secondary N) is 1. The van der Waals surface area contributed by atoms with Crippen molar-refractivity contribution in [3.8, 4) is 17.6 Å². The molecule has 0 fully saturated rings. The van der Waals surface area contributed by atoms with Crippen molar-refractivity contribution in [1.82, 2.24) is 0 Å². The van der Waals surface area contributed by atoms with Gasteiger partial charge in [0.05, 0.1) is 21.2 Å². The van der Waals surface area contributed by atoms with Gasteiger partial charge in [-0.3, -0.25) is 5.43 Å². The fourth-order valence-electron chi connectivity index (χ4n) is 1.88. The van der Waals surface area contributed by atoms with Crippen LogP contribution in [-0.2, 0) is 0 Å². The second kappa shape index (κ2) is 8.87. The van der Waals surface area contributed by atoms with Crippen LogP contribution in [0.15, 0.2) is 39.6 Å². The Morgan fingerprint density at radius 1 is 0.966 bits per heavy atom. The van der Waals surface area contributed by atoms with Gasteiger partial charge in [-0.1, -0.05) is 23.2 Å². The molecule has 13 heteroatoms. The number of aromatic carboxylic acids is 2. The molecule has 0 atom stereocenters. The monoisotopic (exact) mass is 437 g/mol. The number of hydrogen-bond donors (Lipinski definition) is 5. The first-order chi connectivity index (χ1) is 13.6. The van der Waals surface area contributed by atoms with Crippen LogP contribution >= 0.6 is 23.2 Å². The van der Waals surface area contributed by atoms with Crippen molar-refractivity contribution in [2.75, 3.05) is 5.43 Å². The molecule has 2 aromatic carbocycles. The number of rotatable bonds is 5. The summed E-state index contributed by atoms with van der Waals surface area (Å²) in [7, 11) is 0. The largest absolute Gasteiger partial charge is 0.504 e. The van der Waals surface area contributed by atoms with Gasteiger partial charge >= 0.3 is 11.9 Å². The summed E-state index contributed by atoms with van der Waals surface area (Å²) in [5, 5.41) is 56.7. The van der Waals surface area contributed by atoms with E-state index in [1.54, 1.807) is 6.07 Å². The molecule has 148 valence electrons. The minimum absolute atomic E-state index is 0.225. The molecule has 0 aromatic heterocycles. The average molecular weight is 438 g/mol. The van der Waals surface area contributed by atoms with E-state index in [-0.39, 0.29) is 32.5 Å². The summed E-state index contributed by atoms with van der Waals surface area (Å²) in [5.41, 5.74) is 1.13. The fourth-order valence-corrected chi connectivity index (χ4v) is 2.31. The smallest absolute Gasteiger partial charge is 0.335 e. The molecule has 0 aliphatic rings. The van der Waals surface area contributed by atoms with E-state index in [1.165, 1.54) is 0 Å². The molecule has 29 heavy (non-hydrogen) atoms. The Labute approximate surface area is 171 Å². The van der Waals surface area contributed by atoms with Crippen LogP contribution in [0.3, 0.4) is 0 Å². The molecule has 0 amide bonds. The number of aromatic hydroxyl groups is 2. The highest BCUT2D eigenvalue weighted by Gasteiger charge is 2.14. The molecule has 2 aromatic rings. The number of benzene rings is 2. The second-order valence-electron chi connectivity index (χ2n) is 5.15. The van der Waals surface area contributed by atoms with Gasteiger partial charge in [0.1, 0.15) is 17.4 Å². The number of amidine groups is 1. The third-order valence-corrected chi connectivity index (χ3v) is 3.81. The number of halogens is 2. The van der Waals surface area contributed by atoms with E-state index in [9.17, 15) is 19.8 Å². The van der Waals surface area contributed by atoms with Crippen LogP contribution in [0.1, 0.15) is 20.7 Å². The number of nitrogens with zero attached hydrogens (tertiary/aromatic N) is 4. The highest BCUT2D eigenvalue weighted by Crippen LogP contribution is 2.36. The van der Waals surface area contributed by atoms with E-state index in [1.807, 2.05) is 0 Å². The van der Waals surface area contributed by atoms with Gasteiger partial charge in [-0.2, -0.15) is 5.26 Å². The van der Waals surface area contributed by atoms with Crippen LogP contribution in [0.25, 0.3) is 0 Å². The van der Waals surface area contributed by atoms with Crippen LogP contribution < -0.4 is 5.43 Å². The fraction of sp³-hybridized carbons (Fsp3) is 0. The molecule has 0 saturated carbocycles. The first-order valence-electron chi connectivity index (χ1n) is 7.31. The Balaban J connectivity index is 2.35. The summed E-state index contributed by atoms with van der Waals surface area (Å²) >= 11 is 11.4. The Morgan fingerprint density at radius 3 is 2.07 bits per heavy atom. The van der Waals surface area contributed by atoms with Gasteiger partial charge in [0.15, 0.2) is 11.5 Å². The Hall–Kier alpha value is -3.88. The SMILES string of the molecule is N#CC(/N=N/c1cc(C(=O)O)cc(Cl)c1O)=N\Nc1cc(C(=O)O)cc(Cl)c1O. The van der Waals surface area contributed by atoms with Crippen LogP contribution in [0.5, 0.6) is 11.5 Å². The van der Waals surface area contributed by atoms with E-state index in [4.69, 9.17) is 38.7 Å². The van der Waals surface area contributed by atoms with E-state index in [0.717, 1.165) is 24.3 Å². The quantitative estimate of drug-likeness (QED) is 0.153. The maximum atomic E-state index is 11.0. The van der Waals surface area contributed by atoms with Gasteiger partial charge in [-0.15, -0.1) is 15.3 Å². The lowest BCUT2D eigenvalue weighted by Crippen LogP contribution is -2.00. The summed E-state index contributed by atoms with van der Waals surface area (Å²) in [6, 6.07) is 5.55. The van der Waals surface area contributed by atoms with Crippen molar-refractivity contribution in [2.45, 2.75) is 0 Å². The molecule has 0 radical (unpaired) electrons. The summed E-state index contributed by atoms with van der Waals surface area (Å²) in [5.74, 6) is -4.34. The maximum absolute atomic E-state index is 11.0. The summed E-state index contributed by atoms with van der Waals surface area (Å²) in [4.78, 5) is 22.1. The Kier molecular flexibility index (Phi) is 6.55. The maximum Gasteiger partial charge on any atom is 0.335 e. The van der Waals surface area contributed by atoms with Crippen molar-refractivity contribution in [3.05, 3.63) is 45.4 Å². The molecule has 5 N–H and O–H groups in total. The van der Waals surface area contributed by atoms with Gasteiger partial charge in [0.2, 0.25) is 0 Å². The number of phenolic OH excluding ortho intramolecular Hbond substituents is 2. The van der Waals surface area contributed by atoms with Crippen LogP contribution in [0.4, 0.5) is 11.4 Å². The van der Waals surface area contributed by atoms with Gasteiger partial charge in [0.25, 0.3) is 5.84 Å². The number of azo groups is 1. The first-order valence-corrected chi connectivity index (χ1v) is 8.06. The van der Waals surface area contributed by atoms with Crippen molar-refractivity contribution >= 4 is 52.4 Å². The zero-order valence-corrected chi connectivity index (χ0v) is 15.5. The lowest BCUT2D eigenvalue weighted by atomic mass is 10.2. The molecule has 0 aliphatic heterocycles. The summed E-state index contributed by atoms with van der Waals surface area (Å²) < 4.78 is 0. The highest BCUT2D eigenvalue weighted by atomic mass is 35.5. The second-order valence-corrected chi connectivity index (χ2v) is 5.96. The van der Waals surface area contributed by atoms with E-state index >= 15 is 0 Å². The average Bonchev–Trinajstić information content (AvgIpc) is 2.67. The third-order valence-electron chi connectivity index (χ3n) is 3.24. The lowest BCUT2D eigenvalue weighted by molar-refractivity contribution is 0.0686. The summed E-state index contributed by atoms with van der Waals surface area (Å²) in [6.07, 6.45) is 0. The molecular weight excluding hydrogens is 429 g/mol. The molecular formula is C16H9Cl2N5O6. The van der Waals surface area contributed by atoms with Gasteiger partial charge in [-0.05, 0) is 24.3 Å². The number of hydrazone groups is 1. The minimum atomic E-state index is -1.33. The topological polar surface area (TPSA) is 188 Å². The number of anilines is 1. The van der Waals surface area contributed by atoms with Gasteiger partial charge in [0, 0.05) is 0 Å². The number of carboxylic acids is 2. The number of nitriles is 1. The first kappa shape index (κ1) is 21.4. The Bertz CT molecular complexity index is 1110. The van der Waals surface area contributed by atoms with Crippen molar-refractivity contribution in [2.24, 2.45) is 15.3 Å². The molecule has 11 nitrogen and oxygen atoms in total. The van der Waals surface area contributed by atoms with Crippen molar-refractivity contribution in [1.29, 1.82) is 5.26 Å². The number of phenols is 2. The van der Waals surface area contributed by atoms with Gasteiger partial charge < -0.3 is 20.4 Å². The number of carboxylic acid groups (broad SMARTS) is 2. The van der Waals surface area contributed by atoms with Crippen LogP contribution in [0, 0.1) is 11.3 Å². The minimum Gasteiger partial charge on any atom is -0.504 e. The van der Waals surface area contributed by atoms with Crippen LogP contribution in [-0.4, -0.2) is 38.2 Å². The molecule has 0 heterocycles.